The van der Waals surface area contributed by atoms with Gasteiger partial charge in [-0.1, -0.05) is 38.7 Å². The molecule has 98 valence electrons. The average molecular weight is 266 g/mol. The Morgan fingerprint density at radius 2 is 2.06 bits per heavy atom. The van der Waals surface area contributed by atoms with Crippen molar-refractivity contribution in [3.63, 3.8) is 0 Å². The SMILES string of the molecule is CC(C)(C)SCc1ccc(F)cc1C#CCCO. The number of thioether (sulfide) groups is 1. The Kier molecular flexibility index (Phi) is 5.71. The molecule has 0 aliphatic heterocycles. The van der Waals surface area contributed by atoms with E-state index in [0.29, 0.717) is 6.42 Å². The van der Waals surface area contributed by atoms with Crippen LogP contribution < -0.4 is 0 Å². The number of rotatable bonds is 3. The average Bonchev–Trinajstić information content (AvgIpc) is 2.27. The lowest BCUT2D eigenvalue weighted by Gasteiger charge is -2.18. The fourth-order valence-corrected chi connectivity index (χ4v) is 2.14. The molecule has 1 N–H and O–H groups in total. The van der Waals surface area contributed by atoms with Gasteiger partial charge in [0, 0.05) is 22.5 Å². The molecule has 0 saturated heterocycles. The van der Waals surface area contributed by atoms with E-state index in [-0.39, 0.29) is 17.2 Å². The topological polar surface area (TPSA) is 20.2 Å². The van der Waals surface area contributed by atoms with Gasteiger partial charge in [0.15, 0.2) is 0 Å². The van der Waals surface area contributed by atoms with E-state index in [4.69, 9.17) is 5.11 Å². The van der Waals surface area contributed by atoms with Crippen LogP contribution in [0.1, 0.15) is 38.3 Å². The van der Waals surface area contributed by atoms with Crippen molar-refractivity contribution in [1.29, 1.82) is 0 Å². The van der Waals surface area contributed by atoms with Crippen LogP contribution in [0.15, 0.2) is 18.2 Å². The van der Waals surface area contributed by atoms with E-state index in [1.165, 1.54) is 12.1 Å². The van der Waals surface area contributed by atoms with Crippen molar-refractivity contribution in [2.75, 3.05) is 6.61 Å². The first kappa shape index (κ1) is 15.1. The third kappa shape index (κ3) is 5.57. The maximum atomic E-state index is 13.2. The molecule has 0 aliphatic rings. The van der Waals surface area contributed by atoms with Gasteiger partial charge in [0.2, 0.25) is 0 Å². The molecular formula is C15H19FOS. The van der Waals surface area contributed by atoms with Crippen LogP contribution in [-0.2, 0) is 5.75 Å². The zero-order valence-electron chi connectivity index (χ0n) is 11.1. The van der Waals surface area contributed by atoms with E-state index in [9.17, 15) is 4.39 Å². The van der Waals surface area contributed by atoms with Crippen molar-refractivity contribution in [2.24, 2.45) is 0 Å². The van der Waals surface area contributed by atoms with Crippen molar-refractivity contribution in [3.8, 4) is 11.8 Å². The molecule has 1 aromatic rings. The van der Waals surface area contributed by atoms with Crippen LogP contribution in [0.4, 0.5) is 4.39 Å². The van der Waals surface area contributed by atoms with Gasteiger partial charge in [0.05, 0.1) is 6.61 Å². The lowest BCUT2D eigenvalue weighted by molar-refractivity contribution is 0.305. The van der Waals surface area contributed by atoms with Crippen LogP contribution in [0.5, 0.6) is 0 Å². The molecule has 0 amide bonds. The second-order valence-electron chi connectivity index (χ2n) is 4.98. The monoisotopic (exact) mass is 266 g/mol. The summed E-state index contributed by atoms with van der Waals surface area (Å²) in [4.78, 5) is 0. The predicted molar refractivity (Wildman–Crippen MR) is 76.0 cm³/mol. The smallest absolute Gasteiger partial charge is 0.124 e. The van der Waals surface area contributed by atoms with Gasteiger partial charge in [-0.3, -0.25) is 0 Å². The molecule has 0 aliphatic carbocycles. The summed E-state index contributed by atoms with van der Waals surface area (Å²) in [6.07, 6.45) is 0.419. The van der Waals surface area contributed by atoms with Crippen molar-refractivity contribution < 1.29 is 9.50 Å². The Bertz CT molecular complexity index is 452. The minimum atomic E-state index is -0.271. The highest BCUT2D eigenvalue weighted by atomic mass is 32.2. The summed E-state index contributed by atoms with van der Waals surface area (Å²) in [6, 6.07) is 4.72. The standard InChI is InChI=1S/C15H19FOS/c1-15(2,3)18-11-13-7-8-14(16)10-12(13)6-4-5-9-17/h7-8,10,17H,5,9,11H2,1-3H3. The molecule has 0 spiro atoms. The number of aliphatic hydroxyl groups excluding tert-OH is 1. The minimum absolute atomic E-state index is 0.0361. The van der Waals surface area contributed by atoms with Crippen molar-refractivity contribution in [3.05, 3.63) is 35.1 Å². The van der Waals surface area contributed by atoms with E-state index in [1.807, 2.05) is 0 Å². The fraction of sp³-hybridized carbons (Fsp3) is 0.467. The lowest BCUT2D eigenvalue weighted by Crippen LogP contribution is -2.07. The normalized spacial score (nSPS) is 10.9. The third-order valence-corrected chi connectivity index (χ3v) is 3.51. The van der Waals surface area contributed by atoms with Gasteiger partial charge >= 0.3 is 0 Å². The molecule has 0 saturated carbocycles. The van der Waals surface area contributed by atoms with Crippen molar-refractivity contribution >= 4 is 11.8 Å². The second kappa shape index (κ2) is 6.82. The maximum Gasteiger partial charge on any atom is 0.124 e. The van der Waals surface area contributed by atoms with Crippen LogP contribution in [-0.4, -0.2) is 16.5 Å². The van der Waals surface area contributed by atoms with Gasteiger partial charge in [-0.05, 0) is 17.7 Å². The first-order valence-corrected chi connectivity index (χ1v) is 6.93. The van der Waals surface area contributed by atoms with Crippen LogP contribution in [0.2, 0.25) is 0 Å². The number of halogens is 1. The molecule has 1 aromatic carbocycles. The maximum absolute atomic E-state index is 13.2. The quantitative estimate of drug-likeness (QED) is 0.844. The number of hydrogen-bond donors (Lipinski definition) is 1. The van der Waals surface area contributed by atoms with E-state index in [2.05, 4.69) is 32.6 Å². The summed E-state index contributed by atoms with van der Waals surface area (Å²) >= 11 is 1.81. The summed E-state index contributed by atoms with van der Waals surface area (Å²) in [7, 11) is 0. The molecule has 0 unspecified atom stereocenters. The van der Waals surface area contributed by atoms with E-state index in [1.54, 1.807) is 17.8 Å². The molecule has 0 bridgehead atoms. The molecule has 0 aromatic heterocycles. The van der Waals surface area contributed by atoms with Gasteiger partial charge in [-0.25, -0.2) is 4.39 Å². The molecular weight excluding hydrogens is 247 g/mol. The Labute approximate surface area is 113 Å². The fourth-order valence-electron chi connectivity index (χ4n) is 1.30. The summed E-state index contributed by atoms with van der Waals surface area (Å²) in [5.74, 6) is 6.31. The highest BCUT2D eigenvalue weighted by molar-refractivity contribution is 7.99. The predicted octanol–water partition coefficient (Wildman–Crippen LogP) is 3.59. The van der Waals surface area contributed by atoms with Crippen molar-refractivity contribution in [2.45, 2.75) is 37.7 Å². The molecule has 0 fully saturated rings. The Balaban J connectivity index is 2.87. The zero-order chi connectivity index (χ0) is 13.6. The third-order valence-electron chi connectivity index (χ3n) is 2.19. The number of aliphatic hydroxyl groups is 1. The first-order chi connectivity index (χ1) is 8.42. The van der Waals surface area contributed by atoms with Crippen LogP contribution in [0, 0.1) is 17.7 Å². The Morgan fingerprint density at radius 1 is 1.33 bits per heavy atom. The van der Waals surface area contributed by atoms with Gasteiger partial charge in [-0.15, -0.1) is 0 Å². The second-order valence-corrected chi connectivity index (χ2v) is 6.78. The van der Waals surface area contributed by atoms with Gasteiger partial charge < -0.3 is 5.11 Å². The minimum Gasteiger partial charge on any atom is -0.395 e. The van der Waals surface area contributed by atoms with E-state index in [0.717, 1.165) is 16.9 Å². The Morgan fingerprint density at radius 3 is 2.67 bits per heavy atom. The summed E-state index contributed by atoms with van der Waals surface area (Å²) in [5.41, 5.74) is 1.77. The lowest BCUT2D eigenvalue weighted by atomic mass is 10.1. The van der Waals surface area contributed by atoms with E-state index < -0.39 is 0 Å². The highest BCUT2D eigenvalue weighted by Crippen LogP contribution is 2.28. The first-order valence-electron chi connectivity index (χ1n) is 5.94. The highest BCUT2D eigenvalue weighted by Gasteiger charge is 2.12. The molecule has 0 atom stereocenters. The molecule has 1 nitrogen and oxygen atoms in total. The van der Waals surface area contributed by atoms with Crippen LogP contribution in [0.3, 0.4) is 0 Å². The molecule has 18 heavy (non-hydrogen) atoms. The zero-order valence-corrected chi connectivity index (χ0v) is 11.9. The van der Waals surface area contributed by atoms with Crippen LogP contribution in [0.25, 0.3) is 0 Å². The summed E-state index contributed by atoms with van der Waals surface area (Å²) < 4.78 is 13.4. The summed E-state index contributed by atoms with van der Waals surface area (Å²) in [5, 5.41) is 8.70. The Hall–Kier alpha value is -0.980. The largest absolute Gasteiger partial charge is 0.395 e. The molecule has 0 heterocycles. The molecule has 1 rings (SSSR count). The van der Waals surface area contributed by atoms with Crippen molar-refractivity contribution in [1.82, 2.24) is 0 Å². The van der Waals surface area contributed by atoms with E-state index >= 15 is 0 Å². The van der Waals surface area contributed by atoms with Crippen LogP contribution >= 0.6 is 11.8 Å². The summed E-state index contributed by atoms with van der Waals surface area (Å²) in [6.45, 7) is 6.49. The van der Waals surface area contributed by atoms with Gasteiger partial charge in [0.1, 0.15) is 5.82 Å². The number of hydrogen-bond acceptors (Lipinski definition) is 2. The number of benzene rings is 1. The molecule has 3 heteroatoms. The van der Waals surface area contributed by atoms with Gasteiger partial charge in [0.25, 0.3) is 0 Å². The van der Waals surface area contributed by atoms with Gasteiger partial charge in [-0.2, -0.15) is 11.8 Å². The molecule has 0 radical (unpaired) electrons.